The first-order valence-electron chi connectivity index (χ1n) is 9.91. The Morgan fingerprint density at radius 2 is 2.04 bits per heavy atom. The number of aliphatic hydroxyl groups excluding tert-OH is 1. The number of carbonyl (C=O) groups excluding carboxylic acids is 1. The van der Waals surface area contributed by atoms with Gasteiger partial charge in [0.05, 0.1) is 11.8 Å². The molecule has 3 N–H and O–H groups in total. The molecule has 1 fully saturated rings. The molecule has 2 aliphatic heterocycles. The fraction of sp³-hybridized carbons (Fsp3) is 0.455. The molecule has 1 unspecified atom stereocenters. The van der Waals surface area contributed by atoms with Crippen LogP contribution in [0.3, 0.4) is 0 Å². The van der Waals surface area contributed by atoms with E-state index in [4.69, 9.17) is 0 Å². The summed E-state index contributed by atoms with van der Waals surface area (Å²) < 4.78 is 0. The molecule has 6 heteroatoms. The monoisotopic (exact) mass is 381 g/mol. The molecule has 1 saturated heterocycles. The number of pyridine rings is 1. The van der Waals surface area contributed by atoms with Crippen molar-refractivity contribution in [2.24, 2.45) is 0 Å². The molecule has 0 radical (unpaired) electrons. The summed E-state index contributed by atoms with van der Waals surface area (Å²) >= 11 is 0. The molecule has 0 spiro atoms. The molecule has 6 nitrogen and oxygen atoms in total. The van der Waals surface area contributed by atoms with Gasteiger partial charge in [-0.1, -0.05) is 6.07 Å². The second kappa shape index (κ2) is 7.62. The number of hydrogen-bond donors (Lipinski definition) is 3. The van der Waals surface area contributed by atoms with Gasteiger partial charge in [0.1, 0.15) is 5.60 Å². The average molecular weight is 381 g/mol. The normalized spacial score (nSPS) is 20.3. The van der Waals surface area contributed by atoms with Gasteiger partial charge < -0.3 is 20.4 Å². The molecule has 1 atom stereocenters. The van der Waals surface area contributed by atoms with Gasteiger partial charge in [-0.25, -0.2) is 0 Å². The summed E-state index contributed by atoms with van der Waals surface area (Å²) in [4.78, 5) is 18.6. The van der Waals surface area contributed by atoms with Crippen molar-refractivity contribution in [1.82, 2.24) is 9.88 Å². The number of Topliss-reactive ketones (excluding diaryl/α,β-unsaturated/α-hetero) is 1. The number of rotatable bonds is 4. The number of piperidine rings is 1. The second-order valence-corrected chi connectivity index (χ2v) is 7.97. The molecule has 3 heterocycles. The first kappa shape index (κ1) is 19.1. The van der Waals surface area contributed by atoms with Gasteiger partial charge in [-0.2, -0.15) is 0 Å². The number of aryl methyl sites for hydroxylation is 1. The summed E-state index contributed by atoms with van der Waals surface area (Å²) in [5.74, 6) is 0.122. The van der Waals surface area contributed by atoms with Crippen LogP contribution < -0.4 is 5.32 Å². The van der Waals surface area contributed by atoms with Crippen molar-refractivity contribution in [2.45, 2.75) is 37.9 Å². The number of aliphatic hydroxyl groups is 2. The van der Waals surface area contributed by atoms with Gasteiger partial charge in [-0.15, -0.1) is 0 Å². The molecule has 0 aliphatic carbocycles. The van der Waals surface area contributed by atoms with Crippen molar-refractivity contribution in [1.29, 1.82) is 0 Å². The molecule has 1 aromatic heterocycles. The molecule has 4 rings (SSSR count). The zero-order valence-corrected chi connectivity index (χ0v) is 16.2. The number of anilines is 1. The van der Waals surface area contributed by atoms with Crippen LogP contribution in [-0.2, 0) is 5.60 Å². The summed E-state index contributed by atoms with van der Waals surface area (Å²) in [6.45, 7) is 4.53. The topological polar surface area (TPSA) is 85.7 Å². The van der Waals surface area contributed by atoms with Crippen LogP contribution in [0.2, 0.25) is 0 Å². The SMILES string of the molecule is Cc1ccnc(C2(O)CCN(CC(O)c3ccc4c(c3)C(=O)CCN4)CC2)c1. The Balaban J connectivity index is 1.40. The molecule has 0 saturated carbocycles. The van der Waals surface area contributed by atoms with Crippen molar-refractivity contribution < 1.29 is 15.0 Å². The molecular formula is C22H27N3O3. The Morgan fingerprint density at radius 1 is 1.25 bits per heavy atom. The van der Waals surface area contributed by atoms with Gasteiger partial charge in [0, 0.05) is 50.0 Å². The van der Waals surface area contributed by atoms with Crippen molar-refractivity contribution >= 4 is 11.5 Å². The summed E-state index contributed by atoms with van der Waals surface area (Å²) in [7, 11) is 0. The second-order valence-electron chi connectivity index (χ2n) is 7.97. The molecule has 148 valence electrons. The predicted molar refractivity (Wildman–Crippen MR) is 107 cm³/mol. The Kier molecular flexibility index (Phi) is 5.19. The van der Waals surface area contributed by atoms with Crippen LogP contribution in [0.1, 0.15) is 52.5 Å². The van der Waals surface area contributed by atoms with E-state index in [0.29, 0.717) is 51.0 Å². The Bertz CT molecular complexity index is 875. The molecular weight excluding hydrogens is 354 g/mol. The molecule has 2 aliphatic rings. The number of nitrogens with zero attached hydrogens (tertiary/aromatic N) is 2. The van der Waals surface area contributed by atoms with Crippen molar-refractivity contribution in [3.8, 4) is 0 Å². The summed E-state index contributed by atoms with van der Waals surface area (Å²) in [6, 6.07) is 9.45. The number of ketones is 1. The predicted octanol–water partition coefficient (Wildman–Crippen LogP) is 2.41. The van der Waals surface area contributed by atoms with Gasteiger partial charge >= 0.3 is 0 Å². The van der Waals surface area contributed by atoms with E-state index >= 15 is 0 Å². The third-order valence-corrected chi connectivity index (χ3v) is 5.90. The van der Waals surface area contributed by atoms with Crippen molar-refractivity contribution in [3.05, 3.63) is 58.9 Å². The fourth-order valence-corrected chi connectivity index (χ4v) is 4.10. The molecule has 0 amide bonds. The molecule has 0 bridgehead atoms. The van der Waals surface area contributed by atoms with Gasteiger partial charge in [0.15, 0.2) is 5.78 Å². The molecule has 28 heavy (non-hydrogen) atoms. The fourth-order valence-electron chi connectivity index (χ4n) is 4.10. The first-order valence-corrected chi connectivity index (χ1v) is 9.91. The van der Waals surface area contributed by atoms with E-state index < -0.39 is 11.7 Å². The number of nitrogens with one attached hydrogen (secondary N) is 1. The summed E-state index contributed by atoms with van der Waals surface area (Å²) in [5.41, 5.74) is 3.19. The number of fused-ring (bicyclic) bond motifs is 1. The minimum Gasteiger partial charge on any atom is -0.387 e. The lowest BCUT2D eigenvalue weighted by Crippen LogP contribution is -2.44. The average Bonchev–Trinajstić information content (AvgIpc) is 2.70. The highest BCUT2D eigenvalue weighted by atomic mass is 16.3. The molecule has 2 aromatic rings. The smallest absolute Gasteiger partial charge is 0.166 e. The van der Waals surface area contributed by atoms with E-state index in [0.717, 1.165) is 22.5 Å². The van der Waals surface area contributed by atoms with Crippen molar-refractivity contribution in [2.75, 3.05) is 31.5 Å². The Hall–Kier alpha value is -2.28. The van der Waals surface area contributed by atoms with Gasteiger partial charge in [-0.05, 0) is 55.2 Å². The number of β-amino-alcohol motifs (C(OH)–C–C–N with tert-alkyl or cyclic N) is 1. The summed E-state index contributed by atoms with van der Waals surface area (Å²) in [5, 5.41) is 24.9. The van der Waals surface area contributed by atoms with Crippen molar-refractivity contribution in [3.63, 3.8) is 0 Å². The lowest BCUT2D eigenvalue weighted by atomic mass is 9.87. The quantitative estimate of drug-likeness (QED) is 0.754. The highest BCUT2D eigenvalue weighted by Crippen LogP contribution is 2.33. The van der Waals surface area contributed by atoms with Crippen LogP contribution >= 0.6 is 0 Å². The number of benzene rings is 1. The zero-order chi connectivity index (χ0) is 19.7. The third-order valence-electron chi connectivity index (χ3n) is 5.90. The van der Waals surface area contributed by atoms with E-state index in [-0.39, 0.29) is 5.78 Å². The van der Waals surface area contributed by atoms with Crippen LogP contribution in [0.5, 0.6) is 0 Å². The Morgan fingerprint density at radius 3 is 2.79 bits per heavy atom. The van der Waals surface area contributed by atoms with Crippen LogP contribution in [-0.4, -0.2) is 52.1 Å². The summed E-state index contributed by atoms with van der Waals surface area (Å²) in [6.07, 6.45) is 2.74. The largest absolute Gasteiger partial charge is 0.387 e. The van der Waals surface area contributed by atoms with Gasteiger partial charge in [-0.3, -0.25) is 9.78 Å². The standard InChI is InChI=1S/C22H27N3O3/c1-15-4-8-24-21(12-15)22(28)6-10-25(11-7-22)14-20(27)16-2-3-18-17(13-16)19(26)5-9-23-18/h2-4,8,12-13,20,23,27-28H,5-7,9-11,14H2,1H3. The third kappa shape index (κ3) is 3.81. The number of aromatic nitrogens is 1. The van der Waals surface area contributed by atoms with E-state index in [2.05, 4.69) is 15.2 Å². The van der Waals surface area contributed by atoms with Crippen LogP contribution in [0.25, 0.3) is 0 Å². The minimum absolute atomic E-state index is 0.122. The maximum atomic E-state index is 12.1. The van der Waals surface area contributed by atoms with E-state index in [1.807, 2.05) is 37.3 Å². The number of hydrogen-bond acceptors (Lipinski definition) is 6. The van der Waals surface area contributed by atoms with Gasteiger partial charge in [0.25, 0.3) is 0 Å². The maximum absolute atomic E-state index is 12.1. The zero-order valence-electron chi connectivity index (χ0n) is 16.2. The van der Waals surface area contributed by atoms with E-state index in [9.17, 15) is 15.0 Å². The molecule has 1 aromatic carbocycles. The van der Waals surface area contributed by atoms with Crippen LogP contribution in [0.15, 0.2) is 36.5 Å². The lowest BCUT2D eigenvalue weighted by molar-refractivity contribution is -0.0375. The van der Waals surface area contributed by atoms with Crippen LogP contribution in [0.4, 0.5) is 5.69 Å². The van der Waals surface area contributed by atoms with E-state index in [1.54, 1.807) is 6.20 Å². The maximum Gasteiger partial charge on any atom is 0.166 e. The van der Waals surface area contributed by atoms with Gasteiger partial charge in [0.2, 0.25) is 0 Å². The number of carbonyl (C=O) groups is 1. The highest BCUT2D eigenvalue weighted by Gasteiger charge is 2.35. The Labute approximate surface area is 165 Å². The first-order chi connectivity index (χ1) is 13.4. The lowest BCUT2D eigenvalue weighted by Gasteiger charge is -2.38. The minimum atomic E-state index is -0.905. The van der Waals surface area contributed by atoms with E-state index in [1.165, 1.54) is 0 Å². The number of likely N-dealkylation sites (tertiary alicyclic amines) is 1. The highest BCUT2D eigenvalue weighted by molar-refractivity contribution is 6.03. The van der Waals surface area contributed by atoms with Crippen LogP contribution in [0, 0.1) is 6.92 Å².